The number of carbonyl (C=O) groups excluding carboxylic acids is 3. The first-order chi connectivity index (χ1) is 9.00. The Morgan fingerprint density at radius 3 is 2.16 bits per heavy atom. The standard InChI is InChI=1S/C12H16N2O5/c15-9(13-5-10(16)17)6-14-11(18)7-3-1-2-4-8(7)12(14)19/h7-8H,1-6H2,(H,13,15)(H,16,17)/t7-,8-/m0/s1. The van der Waals surface area contributed by atoms with Crippen molar-refractivity contribution in [2.45, 2.75) is 25.7 Å². The van der Waals surface area contributed by atoms with Crippen molar-refractivity contribution in [3.63, 3.8) is 0 Å². The van der Waals surface area contributed by atoms with E-state index in [2.05, 4.69) is 5.32 Å². The Bertz CT molecular complexity index is 410. The molecule has 1 aliphatic carbocycles. The Labute approximate surface area is 109 Å². The van der Waals surface area contributed by atoms with E-state index in [1.165, 1.54) is 0 Å². The highest BCUT2D eigenvalue weighted by molar-refractivity contribution is 6.07. The average molecular weight is 268 g/mol. The first-order valence-electron chi connectivity index (χ1n) is 6.34. The zero-order valence-corrected chi connectivity index (χ0v) is 10.4. The SMILES string of the molecule is O=C(O)CNC(=O)CN1C(=O)[C@H]2CCCC[C@@H]2C1=O. The normalized spacial score (nSPS) is 26.2. The van der Waals surface area contributed by atoms with Crippen LogP contribution in [0.5, 0.6) is 0 Å². The number of nitrogens with zero attached hydrogens (tertiary/aromatic N) is 1. The third-order valence-corrected chi connectivity index (χ3v) is 3.67. The van der Waals surface area contributed by atoms with E-state index in [-0.39, 0.29) is 30.2 Å². The predicted molar refractivity (Wildman–Crippen MR) is 62.8 cm³/mol. The highest BCUT2D eigenvalue weighted by Gasteiger charge is 2.48. The lowest BCUT2D eigenvalue weighted by molar-refractivity contribution is -0.144. The molecule has 104 valence electrons. The van der Waals surface area contributed by atoms with E-state index in [1.807, 2.05) is 0 Å². The molecule has 1 aliphatic heterocycles. The van der Waals surface area contributed by atoms with Crippen molar-refractivity contribution >= 4 is 23.7 Å². The topological polar surface area (TPSA) is 104 Å². The molecule has 2 atom stereocenters. The van der Waals surface area contributed by atoms with Gasteiger partial charge >= 0.3 is 5.97 Å². The lowest BCUT2D eigenvalue weighted by Gasteiger charge is -2.19. The molecule has 0 radical (unpaired) electrons. The van der Waals surface area contributed by atoms with Crippen molar-refractivity contribution < 1.29 is 24.3 Å². The highest BCUT2D eigenvalue weighted by atomic mass is 16.4. The van der Waals surface area contributed by atoms with Gasteiger partial charge in [0.05, 0.1) is 11.8 Å². The summed E-state index contributed by atoms with van der Waals surface area (Å²) in [5, 5.41) is 10.6. The van der Waals surface area contributed by atoms with E-state index in [1.54, 1.807) is 0 Å². The van der Waals surface area contributed by atoms with Gasteiger partial charge in [-0.15, -0.1) is 0 Å². The zero-order valence-electron chi connectivity index (χ0n) is 10.4. The molecule has 0 aromatic rings. The molecule has 0 bridgehead atoms. The van der Waals surface area contributed by atoms with Gasteiger partial charge in [0.1, 0.15) is 13.1 Å². The molecule has 7 heteroatoms. The fourth-order valence-corrected chi connectivity index (χ4v) is 2.76. The van der Waals surface area contributed by atoms with Crippen molar-refractivity contribution in [2.24, 2.45) is 11.8 Å². The van der Waals surface area contributed by atoms with Crippen LogP contribution >= 0.6 is 0 Å². The minimum atomic E-state index is -1.17. The number of fused-ring (bicyclic) bond motifs is 1. The van der Waals surface area contributed by atoms with Gasteiger partial charge in [-0.2, -0.15) is 0 Å². The van der Waals surface area contributed by atoms with Crippen molar-refractivity contribution in [1.29, 1.82) is 0 Å². The number of hydrogen-bond acceptors (Lipinski definition) is 4. The van der Waals surface area contributed by atoms with Crippen LogP contribution in [0, 0.1) is 11.8 Å². The molecular weight excluding hydrogens is 252 g/mol. The van der Waals surface area contributed by atoms with Crippen LogP contribution < -0.4 is 5.32 Å². The summed E-state index contributed by atoms with van der Waals surface area (Å²) in [6, 6.07) is 0. The van der Waals surface area contributed by atoms with E-state index in [4.69, 9.17) is 5.11 Å². The van der Waals surface area contributed by atoms with Crippen LogP contribution in [0.15, 0.2) is 0 Å². The molecule has 1 heterocycles. The third kappa shape index (κ3) is 2.74. The lowest BCUT2D eigenvalue weighted by atomic mass is 9.81. The van der Waals surface area contributed by atoms with E-state index >= 15 is 0 Å². The maximum Gasteiger partial charge on any atom is 0.322 e. The summed E-state index contributed by atoms with van der Waals surface area (Å²) in [4.78, 5) is 46.8. The first-order valence-corrected chi connectivity index (χ1v) is 6.34. The number of rotatable bonds is 4. The number of imide groups is 1. The van der Waals surface area contributed by atoms with Gasteiger partial charge in [0, 0.05) is 0 Å². The van der Waals surface area contributed by atoms with Crippen LogP contribution in [0.3, 0.4) is 0 Å². The summed E-state index contributed by atoms with van der Waals surface area (Å²) >= 11 is 0. The van der Waals surface area contributed by atoms with Crippen LogP contribution in [0.4, 0.5) is 0 Å². The molecule has 2 aliphatic rings. The van der Waals surface area contributed by atoms with E-state index < -0.39 is 18.4 Å². The number of hydrogen-bond donors (Lipinski definition) is 2. The molecule has 0 spiro atoms. The number of nitrogens with one attached hydrogen (secondary N) is 1. The van der Waals surface area contributed by atoms with Crippen molar-refractivity contribution in [2.75, 3.05) is 13.1 Å². The van der Waals surface area contributed by atoms with Gasteiger partial charge in [-0.05, 0) is 12.8 Å². The monoisotopic (exact) mass is 268 g/mol. The predicted octanol–water partition coefficient (Wildman–Crippen LogP) is -0.638. The summed E-state index contributed by atoms with van der Waals surface area (Å²) in [6.45, 7) is -0.889. The van der Waals surface area contributed by atoms with Crippen LogP contribution in [0.25, 0.3) is 0 Å². The lowest BCUT2D eigenvalue weighted by Crippen LogP contribution is -2.42. The molecule has 0 aromatic heterocycles. The number of carboxylic acid groups (broad SMARTS) is 1. The number of carboxylic acids is 1. The van der Waals surface area contributed by atoms with E-state index in [9.17, 15) is 19.2 Å². The smallest absolute Gasteiger partial charge is 0.322 e. The molecule has 19 heavy (non-hydrogen) atoms. The molecule has 7 nitrogen and oxygen atoms in total. The van der Waals surface area contributed by atoms with E-state index in [0.717, 1.165) is 17.7 Å². The van der Waals surface area contributed by atoms with Gasteiger partial charge in [-0.25, -0.2) is 0 Å². The van der Waals surface area contributed by atoms with Crippen LogP contribution in [-0.4, -0.2) is 46.8 Å². The Kier molecular flexibility index (Phi) is 3.82. The zero-order chi connectivity index (χ0) is 14.0. The van der Waals surface area contributed by atoms with Gasteiger partial charge in [-0.1, -0.05) is 12.8 Å². The molecular formula is C12H16N2O5. The summed E-state index contributed by atoms with van der Waals surface area (Å²) in [7, 11) is 0. The van der Waals surface area contributed by atoms with Gasteiger partial charge < -0.3 is 10.4 Å². The maximum absolute atomic E-state index is 12.0. The second-order valence-corrected chi connectivity index (χ2v) is 4.93. The second kappa shape index (κ2) is 5.38. The molecule has 0 unspecified atom stereocenters. The third-order valence-electron chi connectivity index (χ3n) is 3.67. The van der Waals surface area contributed by atoms with E-state index in [0.29, 0.717) is 12.8 Å². The number of likely N-dealkylation sites (tertiary alicyclic amines) is 1. The Morgan fingerprint density at radius 1 is 1.16 bits per heavy atom. The Balaban J connectivity index is 1.96. The van der Waals surface area contributed by atoms with Gasteiger partial charge in [0.15, 0.2) is 0 Å². The summed E-state index contributed by atoms with van der Waals surface area (Å²) < 4.78 is 0. The van der Waals surface area contributed by atoms with Crippen molar-refractivity contribution in [3.05, 3.63) is 0 Å². The van der Waals surface area contributed by atoms with Crippen LogP contribution in [-0.2, 0) is 19.2 Å². The molecule has 1 saturated carbocycles. The van der Waals surface area contributed by atoms with Crippen molar-refractivity contribution in [1.82, 2.24) is 10.2 Å². The maximum atomic E-state index is 12.0. The minimum absolute atomic E-state index is 0.284. The fourth-order valence-electron chi connectivity index (χ4n) is 2.76. The highest BCUT2D eigenvalue weighted by Crippen LogP contribution is 2.37. The summed E-state index contributed by atoms with van der Waals surface area (Å²) in [5.74, 6) is -2.94. The molecule has 3 amide bonds. The van der Waals surface area contributed by atoms with Crippen molar-refractivity contribution in [3.8, 4) is 0 Å². The molecule has 2 N–H and O–H groups in total. The Morgan fingerprint density at radius 2 is 1.68 bits per heavy atom. The minimum Gasteiger partial charge on any atom is -0.480 e. The summed E-state index contributed by atoms with van der Waals surface area (Å²) in [5.41, 5.74) is 0. The average Bonchev–Trinajstić information content (AvgIpc) is 2.62. The largest absolute Gasteiger partial charge is 0.480 e. The molecule has 2 rings (SSSR count). The fraction of sp³-hybridized carbons (Fsp3) is 0.667. The molecule has 2 fully saturated rings. The number of carbonyl (C=O) groups is 4. The second-order valence-electron chi connectivity index (χ2n) is 4.93. The molecule has 1 saturated heterocycles. The number of aliphatic carboxylic acids is 1. The van der Waals surface area contributed by atoms with Gasteiger partial charge in [0.25, 0.3) is 0 Å². The summed E-state index contributed by atoms with van der Waals surface area (Å²) in [6.07, 6.45) is 3.25. The van der Waals surface area contributed by atoms with Crippen LogP contribution in [0.1, 0.15) is 25.7 Å². The number of amides is 3. The quantitative estimate of drug-likeness (QED) is 0.660. The van der Waals surface area contributed by atoms with Crippen LogP contribution in [0.2, 0.25) is 0 Å². The first kappa shape index (κ1) is 13.5. The Hall–Kier alpha value is -1.92. The van der Waals surface area contributed by atoms with Gasteiger partial charge in [-0.3, -0.25) is 24.1 Å². The molecule has 0 aromatic carbocycles. The van der Waals surface area contributed by atoms with Gasteiger partial charge in [0.2, 0.25) is 17.7 Å².